The van der Waals surface area contributed by atoms with Crippen LogP contribution in [0.5, 0.6) is 0 Å². The second-order valence-corrected chi connectivity index (χ2v) is 6.55. The van der Waals surface area contributed by atoms with Crippen LogP contribution >= 0.6 is 0 Å². The van der Waals surface area contributed by atoms with Gasteiger partial charge < -0.3 is 10.5 Å². The Kier molecular flexibility index (Phi) is 4.25. The van der Waals surface area contributed by atoms with Crippen molar-refractivity contribution in [3.63, 3.8) is 0 Å². The monoisotopic (exact) mass is 362 g/mol. The Morgan fingerprint density at radius 2 is 1.63 bits per heavy atom. The number of benzene rings is 2. The van der Waals surface area contributed by atoms with Crippen LogP contribution in [0.4, 0.5) is 8.78 Å². The molecule has 0 saturated heterocycles. The Morgan fingerprint density at radius 3 is 2.26 bits per heavy atom. The Morgan fingerprint density at radius 1 is 1.00 bits per heavy atom. The Labute approximate surface area is 155 Å². The zero-order valence-electron chi connectivity index (χ0n) is 14.4. The fraction of sp³-hybridized carbons (Fsp3) is 0.136. The summed E-state index contributed by atoms with van der Waals surface area (Å²) in [4.78, 5) is 0. The van der Waals surface area contributed by atoms with Gasteiger partial charge in [0.15, 0.2) is 0 Å². The molecule has 5 heteroatoms. The van der Waals surface area contributed by atoms with E-state index < -0.39 is 0 Å². The lowest BCUT2D eigenvalue weighted by Crippen LogP contribution is -2.19. The molecule has 0 aromatic heterocycles. The first-order chi connectivity index (χ1) is 13.1. The van der Waals surface area contributed by atoms with Gasteiger partial charge in [-0.2, -0.15) is 5.26 Å². The van der Waals surface area contributed by atoms with Gasteiger partial charge >= 0.3 is 0 Å². The van der Waals surface area contributed by atoms with E-state index in [4.69, 9.17) is 10.5 Å². The molecule has 4 rings (SSSR count). The van der Waals surface area contributed by atoms with E-state index in [9.17, 15) is 14.0 Å². The number of rotatable bonds is 2. The highest BCUT2D eigenvalue weighted by molar-refractivity contribution is 5.63. The molecule has 1 aliphatic carbocycles. The predicted molar refractivity (Wildman–Crippen MR) is 97.7 cm³/mol. The third-order valence-electron chi connectivity index (χ3n) is 4.90. The molecule has 0 bridgehead atoms. The molecule has 1 atom stereocenters. The lowest BCUT2D eigenvalue weighted by molar-refractivity contribution is 0.292. The van der Waals surface area contributed by atoms with E-state index in [1.165, 1.54) is 24.3 Å². The maximum atomic E-state index is 13.3. The van der Waals surface area contributed by atoms with Crippen LogP contribution in [-0.2, 0) is 4.74 Å². The first kappa shape index (κ1) is 17.0. The normalized spacial score (nSPS) is 20.5. The fourth-order valence-electron chi connectivity index (χ4n) is 3.63. The summed E-state index contributed by atoms with van der Waals surface area (Å²) < 4.78 is 32.3. The molecular weight excluding hydrogens is 346 g/mol. The molecule has 0 fully saturated rings. The second-order valence-electron chi connectivity index (χ2n) is 6.55. The molecule has 1 aliphatic heterocycles. The highest BCUT2D eigenvalue weighted by Crippen LogP contribution is 2.48. The van der Waals surface area contributed by atoms with Crippen molar-refractivity contribution in [2.24, 2.45) is 5.73 Å². The molecule has 0 unspecified atom stereocenters. The SMILES string of the molecule is N#CC1=C(N)OC2=C(CC/C2=C\c2ccc(F)cc2)[C@H]1c1ccc(F)cc1. The highest BCUT2D eigenvalue weighted by atomic mass is 19.1. The first-order valence-corrected chi connectivity index (χ1v) is 8.59. The van der Waals surface area contributed by atoms with Crippen molar-refractivity contribution in [3.05, 3.63) is 99.7 Å². The summed E-state index contributed by atoms with van der Waals surface area (Å²) in [5.41, 5.74) is 9.93. The number of halogens is 2. The van der Waals surface area contributed by atoms with E-state index in [0.29, 0.717) is 17.8 Å². The molecule has 0 radical (unpaired) electrons. The largest absolute Gasteiger partial charge is 0.440 e. The molecule has 0 spiro atoms. The van der Waals surface area contributed by atoms with Crippen molar-refractivity contribution in [2.75, 3.05) is 0 Å². The van der Waals surface area contributed by atoms with Crippen molar-refractivity contribution < 1.29 is 13.5 Å². The summed E-state index contributed by atoms with van der Waals surface area (Å²) in [6, 6.07) is 14.4. The molecular formula is C22H16F2N2O. The Bertz CT molecular complexity index is 1030. The fourth-order valence-corrected chi connectivity index (χ4v) is 3.63. The van der Waals surface area contributed by atoms with Crippen LogP contribution in [0.3, 0.4) is 0 Å². The summed E-state index contributed by atoms with van der Waals surface area (Å²) in [5.74, 6) is -0.250. The predicted octanol–water partition coefficient (Wildman–Crippen LogP) is 4.90. The molecule has 0 amide bonds. The molecule has 2 aromatic carbocycles. The number of allylic oxidation sites excluding steroid dienone is 3. The van der Waals surface area contributed by atoms with Gasteiger partial charge in [-0.3, -0.25) is 0 Å². The van der Waals surface area contributed by atoms with E-state index in [1.807, 2.05) is 6.08 Å². The topological polar surface area (TPSA) is 59.0 Å². The van der Waals surface area contributed by atoms with E-state index in [1.54, 1.807) is 24.3 Å². The van der Waals surface area contributed by atoms with Gasteiger partial charge in [0.25, 0.3) is 0 Å². The Hall–Kier alpha value is -3.39. The van der Waals surface area contributed by atoms with Crippen LogP contribution in [0.1, 0.15) is 29.9 Å². The molecule has 27 heavy (non-hydrogen) atoms. The van der Waals surface area contributed by atoms with Crippen molar-refractivity contribution in [1.82, 2.24) is 0 Å². The number of ether oxygens (including phenoxy) is 1. The molecule has 2 aromatic rings. The van der Waals surface area contributed by atoms with Gasteiger partial charge in [0.05, 0.1) is 0 Å². The third kappa shape index (κ3) is 3.11. The van der Waals surface area contributed by atoms with Gasteiger partial charge in [0.1, 0.15) is 29.0 Å². The van der Waals surface area contributed by atoms with Crippen LogP contribution in [0.25, 0.3) is 6.08 Å². The molecule has 2 aliphatic rings. The maximum Gasteiger partial charge on any atom is 0.205 e. The average Bonchev–Trinajstić information content (AvgIpc) is 3.05. The molecule has 134 valence electrons. The summed E-state index contributed by atoms with van der Waals surface area (Å²) >= 11 is 0. The lowest BCUT2D eigenvalue weighted by atomic mass is 9.83. The minimum absolute atomic E-state index is 0.0671. The number of nitrogens with two attached hydrogens (primary N) is 1. The summed E-state index contributed by atoms with van der Waals surface area (Å²) in [6.45, 7) is 0. The summed E-state index contributed by atoms with van der Waals surface area (Å²) in [5, 5.41) is 9.58. The van der Waals surface area contributed by atoms with E-state index in [-0.39, 0.29) is 23.4 Å². The van der Waals surface area contributed by atoms with Crippen molar-refractivity contribution in [2.45, 2.75) is 18.8 Å². The van der Waals surface area contributed by atoms with Crippen LogP contribution in [-0.4, -0.2) is 0 Å². The molecule has 2 N–H and O–H groups in total. The lowest BCUT2D eigenvalue weighted by Gasteiger charge is -2.26. The third-order valence-corrected chi connectivity index (χ3v) is 4.90. The highest BCUT2D eigenvalue weighted by Gasteiger charge is 2.36. The van der Waals surface area contributed by atoms with Crippen molar-refractivity contribution in [1.29, 1.82) is 5.26 Å². The van der Waals surface area contributed by atoms with Gasteiger partial charge in [0.2, 0.25) is 5.88 Å². The molecule has 1 heterocycles. The van der Waals surface area contributed by atoms with Crippen LogP contribution in [0.2, 0.25) is 0 Å². The minimum Gasteiger partial charge on any atom is -0.440 e. The van der Waals surface area contributed by atoms with Crippen LogP contribution < -0.4 is 5.73 Å². The molecule has 3 nitrogen and oxygen atoms in total. The zero-order valence-corrected chi connectivity index (χ0v) is 14.4. The maximum absolute atomic E-state index is 13.3. The zero-order chi connectivity index (χ0) is 19.0. The van der Waals surface area contributed by atoms with Gasteiger partial charge in [-0.15, -0.1) is 0 Å². The Balaban J connectivity index is 1.78. The standard InChI is InChI=1S/C22H16F2N2O/c23-16-6-1-13(2-7-16)11-15-5-10-18-20(14-3-8-17(24)9-4-14)19(12-25)22(26)27-21(15)18/h1-4,6-9,11,20H,5,10,26H2/b15-11+/t20-/m1/s1. The summed E-state index contributed by atoms with van der Waals surface area (Å²) in [7, 11) is 0. The van der Waals surface area contributed by atoms with Crippen molar-refractivity contribution >= 4 is 6.08 Å². The smallest absolute Gasteiger partial charge is 0.205 e. The number of hydrogen-bond donors (Lipinski definition) is 1. The number of nitriles is 1. The van der Waals surface area contributed by atoms with Gasteiger partial charge in [0, 0.05) is 5.92 Å². The van der Waals surface area contributed by atoms with E-state index in [2.05, 4.69) is 6.07 Å². The van der Waals surface area contributed by atoms with Gasteiger partial charge in [-0.25, -0.2) is 8.78 Å². The van der Waals surface area contributed by atoms with E-state index >= 15 is 0 Å². The number of hydrogen-bond acceptors (Lipinski definition) is 3. The molecule has 0 saturated carbocycles. The summed E-state index contributed by atoms with van der Waals surface area (Å²) in [6.07, 6.45) is 3.38. The van der Waals surface area contributed by atoms with Crippen LogP contribution in [0, 0.1) is 23.0 Å². The minimum atomic E-state index is -0.349. The van der Waals surface area contributed by atoms with Gasteiger partial charge in [-0.1, -0.05) is 24.3 Å². The van der Waals surface area contributed by atoms with E-state index in [0.717, 1.165) is 28.7 Å². The van der Waals surface area contributed by atoms with Gasteiger partial charge in [-0.05, 0) is 65.5 Å². The van der Waals surface area contributed by atoms with Crippen molar-refractivity contribution in [3.8, 4) is 6.07 Å². The number of nitrogens with zero attached hydrogens (tertiary/aromatic N) is 1. The quantitative estimate of drug-likeness (QED) is 0.826. The first-order valence-electron chi connectivity index (χ1n) is 8.59. The van der Waals surface area contributed by atoms with Crippen LogP contribution in [0.15, 0.2) is 76.9 Å². The second kappa shape index (κ2) is 6.73. The average molecular weight is 362 g/mol.